The van der Waals surface area contributed by atoms with Gasteiger partial charge in [0.25, 0.3) is 0 Å². The van der Waals surface area contributed by atoms with Crippen LogP contribution in [0.1, 0.15) is 47.9 Å². The molecule has 0 spiro atoms. The van der Waals surface area contributed by atoms with Gasteiger partial charge in [-0.3, -0.25) is 4.90 Å². The first-order valence-corrected chi connectivity index (χ1v) is 14.9. The Morgan fingerprint density at radius 3 is 2.56 bits per heavy atom. The molecule has 4 aliphatic heterocycles. The van der Waals surface area contributed by atoms with Crippen LogP contribution in [-0.4, -0.2) is 80.6 Å². The number of hydrogen-bond acceptors (Lipinski definition) is 8. The third-order valence-corrected chi connectivity index (χ3v) is 9.68. The van der Waals surface area contributed by atoms with E-state index in [9.17, 15) is 5.26 Å². The first-order valence-electron chi connectivity index (χ1n) is 14.9. The van der Waals surface area contributed by atoms with E-state index in [-0.39, 0.29) is 11.5 Å². The Labute approximate surface area is 231 Å². The lowest BCUT2D eigenvalue weighted by atomic mass is 9.91. The number of morpholine rings is 1. The van der Waals surface area contributed by atoms with Crippen molar-refractivity contribution in [1.82, 2.24) is 20.5 Å². The Morgan fingerprint density at radius 2 is 1.85 bits per heavy atom. The molecule has 3 atom stereocenters. The van der Waals surface area contributed by atoms with E-state index in [1.54, 1.807) is 0 Å². The number of hydrogen-bond donors (Lipinski definition) is 2. The van der Waals surface area contributed by atoms with Gasteiger partial charge >= 0.3 is 0 Å². The maximum Gasteiger partial charge on any atom is 0.234 e. The highest BCUT2D eigenvalue weighted by atomic mass is 16.5. The zero-order valence-corrected chi connectivity index (χ0v) is 22.8. The molecule has 8 heteroatoms. The number of fused-ring (bicyclic) bond motifs is 3. The number of piperazine rings is 1. The van der Waals surface area contributed by atoms with Crippen LogP contribution in [-0.2, 0) is 24.1 Å². The largest absolute Gasteiger partial charge is 0.472 e. The average Bonchev–Trinajstić information content (AvgIpc) is 3.72. The number of nitrogens with zero attached hydrogens (tertiary/aromatic N) is 4. The number of aromatic nitrogens is 1. The van der Waals surface area contributed by atoms with E-state index in [4.69, 9.17) is 14.5 Å². The number of nitrogens with one attached hydrogen (secondary N) is 2. The standard InChI is InChI=1S/C31H40N6O2/c32-17-26-27-20-33-11-8-25(27)29(37-23-6-7-24(37)19-34-18-23)35-30(26)39-28(16-22-4-2-1-3-5-22)31(9-10-31)21-36-12-14-38-15-13-36/h1-5,23-24,28,33-34H,6-16,18-21H2/t23-,24+,28?. The lowest BCUT2D eigenvalue weighted by Crippen LogP contribution is -2.53. The molecule has 4 fully saturated rings. The Morgan fingerprint density at radius 1 is 1.08 bits per heavy atom. The van der Waals surface area contributed by atoms with Gasteiger partial charge in [0.1, 0.15) is 23.6 Å². The summed E-state index contributed by atoms with van der Waals surface area (Å²) in [7, 11) is 0. The van der Waals surface area contributed by atoms with Crippen LogP contribution in [0.25, 0.3) is 0 Å². The molecule has 1 saturated carbocycles. The first kappa shape index (κ1) is 25.3. The summed E-state index contributed by atoms with van der Waals surface area (Å²) in [5.41, 5.74) is 4.32. The molecular formula is C31H40N6O2. The van der Waals surface area contributed by atoms with E-state index in [0.29, 0.717) is 30.1 Å². The minimum absolute atomic E-state index is 0.0375. The van der Waals surface area contributed by atoms with E-state index in [1.807, 2.05) is 0 Å². The Bertz CT molecular complexity index is 1200. The molecule has 3 saturated heterocycles. The van der Waals surface area contributed by atoms with Gasteiger partial charge in [-0.25, -0.2) is 0 Å². The zero-order valence-electron chi connectivity index (χ0n) is 22.8. The van der Waals surface area contributed by atoms with Gasteiger partial charge in [-0.05, 0) is 49.8 Å². The lowest BCUT2D eigenvalue weighted by molar-refractivity contribution is 0.00983. The zero-order chi connectivity index (χ0) is 26.2. The highest BCUT2D eigenvalue weighted by molar-refractivity contribution is 5.62. The minimum Gasteiger partial charge on any atom is -0.472 e. The normalized spacial score (nSPS) is 26.5. The van der Waals surface area contributed by atoms with Crippen molar-refractivity contribution in [3.63, 3.8) is 0 Å². The highest BCUT2D eigenvalue weighted by Gasteiger charge is 2.52. The van der Waals surface area contributed by atoms with E-state index in [2.05, 4.69) is 56.8 Å². The molecule has 206 valence electrons. The van der Waals surface area contributed by atoms with Crippen LogP contribution in [0.15, 0.2) is 30.3 Å². The fourth-order valence-electron chi connectivity index (χ4n) is 7.35. The summed E-state index contributed by atoms with van der Waals surface area (Å²) in [4.78, 5) is 10.4. The molecule has 5 heterocycles. The van der Waals surface area contributed by atoms with Crippen molar-refractivity contribution >= 4 is 5.82 Å². The summed E-state index contributed by atoms with van der Waals surface area (Å²) in [6, 6.07) is 14.1. The van der Waals surface area contributed by atoms with Gasteiger partial charge in [-0.15, -0.1) is 0 Å². The summed E-state index contributed by atoms with van der Waals surface area (Å²) in [5.74, 6) is 1.62. The molecule has 7 rings (SSSR count). The molecule has 8 nitrogen and oxygen atoms in total. The van der Waals surface area contributed by atoms with Gasteiger partial charge in [-0.2, -0.15) is 10.2 Å². The molecule has 1 aromatic carbocycles. The molecular weight excluding hydrogens is 488 g/mol. The second-order valence-electron chi connectivity index (χ2n) is 12.1. The Balaban J connectivity index is 1.27. The fourth-order valence-corrected chi connectivity index (χ4v) is 7.35. The van der Waals surface area contributed by atoms with Crippen molar-refractivity contribution < 1.29 is 9.47 Å². The number of rotatable bonds is 8. The van der Waals surface area contributed by atoms with Gasteiger partial charge in [0.2, 0.25) is 5.88 Å². The molecule has 39 heavy (non-hydrogen) atoms. The molecule has 2 N–H and O–H groups in total. The van der Waals surface area contributed by atoms with Crippen LogP contribution in [0, 0.1) is 16.7 Å². The van der Waals surface area contributed by atoms with Crippen LogP contribution in [0.4, 0.5) is 5.82 Å². The van der Waals surface area contributed by atoms with Crippen LogP contribution in [0.5, 0.6) is 5.88 Å². The van der Waals surface area contributed by atoms with Crippen molar-refractivity contribution in [2.24, 2.45) is 5.41 Å². The molecule has 5 aliphatic rings. The summed E-state index contributed by atoms with van der Waals surface area (Å²) < 4.78 is 12.7. The number of benzene rings is 1. The quantitative estimate of drug-likeness (QED) is 0.541. The minimum atomic E-state index is -0.0375. The molecule has 0 amide bonds. The van der Waals surface area contributed by atoms with Gasteiger partial charge < -0.3 is 25.0 Å². The highest BCUT2D eigenvalue weighted by Crippen LogP contribution is 2.52. The van der Waals surface area contributed by atoms with Crippen LogP contribution in [0.3, 0.4) is 0 Å². The van der Waals surface area contributed by atoms with Crippen LogP contribution < -0.4 is 20.3 Å². The van der Waals surface area contributed by atoms with Gasteiger partial charge in [0, 0.05) is 68.8 Å². The molecule has 0 radical (unpaired) electrons. The predicted octanol–water partition coefficient (Wildman–Crippen LogP) is 2.64. The van der Waals surface area contributed by atoms with Crippen LogP contribution in [0.2, 0.25) is 0 Å². The van der Waals surface area contributed by atoms with E-state index >= 15 is 0 Å². The third-order valence-electron chi connectivity index (χ3n) is 9.68. The van der Waals surface area contributed by atoms with Crippen molar-refractivity contribution in [2.45, 2.75) is 63.3 Å². The van der Waals surface area contributed by atoms with Crippen molar-refractivity contribution in [1.29, 1.82) is 5.26 Å². The monoisotopic (exact) mass is 528 g/mol. The van der Waals surface area contributed by atoms with Crippen molar-refractivity contribution in [3.8, 4) is 11.9 Å². The number of ether oxygens (including phenoxy) is 2. The van der Waals surface area contributed by atoms with E-state index in [0.717, 1.165) is 89.5 Å². The molecule has 2 bridgehead atoms. The topological polar surface area (TPSA) is 85.7 Å². The lowest BCUT2D eigenvalue weighted by Gasteiger charge is -2.39. The Hall–Kier alpha value is -2.70. The Kier molecular flexibility index (Phi) is 6.94. The molecule has 1 aromatic heterocycles. The van der Waals surface area contributed by atoms with E-state index < -0.39 is 0 Å². The smallest absolute Gasteiger partial charge is 0.234 e. The van der Waals surface area contributed by atoms with E-state index in [1.165, 1.54) is 24.0 Å². The molecule has 1 unspecified atom stereocenters. The summed E-state index contributed by atoms with van der Waals surface area (Å²) in [5, 5.41) is 17.6. The molecule has 1 aliphatic carbocycles. The number of nitriles is 1. The summed E-state index contributed by atoms with van der Waals surface area (Å²) in [6.07, 6.45) is 6.37. The number of anilines is 1. The maximum absolute atomic E-state index is 10.4. The van der Waals surface area contributed by atoms with Crippen molar-refractivity contribution in [2.75, 3.05) is 57.4 Å². The van der Waals surface area contributed by atoms with Gasteiger partial charge in [-0.1, -0.05) is 30.3 Å². The summed E-state index contributed by atoms with van der Waals surface area (Å²) >= 11 is 0. The van der Waals surface area contributed by atoms with Crippen molar-refractivity contribution in [3.05, 3.63) is 52.6 Å². The average molecular weight is 529 g/mol. The van der Waals surface area contributed by atoms with Gasteiger partial charge in [0.05, 0.1) is 13.2 Å². The number of pyridine rings is 1. The molecule has 2 aromatic rings. The maximum atomic E-state index is 10.4. The van der Waals surface area contributed by atoms with Crippen LogP contribution >= 0.6 is 0 Å². The summed E-state index contributed by atoms with van der Waals surface area (Å²) in [6.45, 7) is 8.19. The second-order valence-corrected chi connectivity index (χ2v) is 12.1. The SMILES string of the molecule is N#Cc1c(OC(Cc2ccccc2)C2(CN3CCOCC3)CC2)nc(N2[C@@H]3CC[C@H]2CNC3)c2c1CNCC2. The first-order chi connectivity index (χ1) is 19.2. The predicted molar refractivity (Wildman–Crippen MR) is 150 cm³/mol. The van der Waals surface area contributed by atoms with Gasteiger partial charge in [0.15, 0.2) is 0 Å². The second kappa shape index (κ2) is 10.7. The fraction of sp³-hybridized carbons (Fsp3) is 0.613. The third kappa shape index (κ3) is 4.91.